The Labute approximate surface area is 388 Å². The Morgan fingerprint density at radius 2 is 1.14 bits per heavy atom. The van der Waals surface area contributed by atoms with Crippen LogP contribution in [0.25, 0.3) is 82.8 Å². The Bertz CT molecular complexity index is 3770. The summed E-state index contributed by atoms with van der Waals surface area (Å²) < 4.78 is 9.90. The number of nitrogens with one attached hydrogen (secondary N) is 1. The molecule has 1 N–H and O–H groups in total. The Hall–Kier alpha value is -6.78. The largest absolute Gasteiger partial charge is 0.455 e. The molecule has 66 heavy (non-hydrogen) atoms. The second-order valence-electron chi connectivity index (χ2n) is 22.6. The molecule has 0 bridgehead atoms. The van der Waals surface area contributed by atoms with Gasteiger partial charge in [0, 0.05) is 49.6 Å². The van der Waals surface area contributed by atoms with E-state index in [-0.39, 0.29) is 21.7 Å². The molecule has 1 aliphatic heterocycles. The highest BCUT2D eigenvalue weighted by atomic mass is 16.3. The van der Waals surface area contributed by atoms with E-state index in [1.165, 1.54) is 111 Å². The monoisotopic (exact) mass is 854 g/mol. The second-order valence-corrected chi connectivity index (χ2v) is 22.6. The van der Waals surface area contributed by atoms with Crippen LogP contribution in [0.2, 0.25) is 0 Å². The Balaban J connectivity index is 1.19. The van der Waals surface area contributed by atoms with Gasteiger partial charge in [0.25, 0.3) is 0 Å². The highest BCUT2D eigenvalue weighted by Gasteiger charge is 2.40. The Kier molecular flexibility index (Phi) is 7.78. The molecular formula is C62H55BN2O. The molecule has 0 saturated heterocycles. The Morgan fingerprint density at radius 1 is 0.530 bits per heavy atom. The molecule has 0 atom stereocenters. The summed E-state index contributed by atoms with van der Waals surface area (Å²) in [7, 11) is 0.786. The van der Waals surface area contributed by atoms with Crippen LogP contribution in [0.15, 0.2) is 144 Å². The number of hydrogen-bond donors (Lipinski definition) is 1. The third-order valence-electron chi connectivity index (χ3n) is 15.9. The molecule has 3 heterocycles. The summed E-state index contributed by atoms with van der Waals surface area (Å²) in [6.07, 6.45) is 0. The van der Waals surface area contributed by atoms with Crippen LogP contribution in [0.1, 0.15) is 103 Å². The quantitative estimate of drug-likeness (QED) is 0.179. The van der Waals surface area contributed by atoms with Crippen LogP contribution in [-0.2, 0) is 21.7 Å². The van der Waals surface area contributed by atoms with Crippen molar-refractivity contribution >= 4 is 73.3 Å². The molecule has 2 aromatic heterocycles. The van der Waals surface area contributed by atoms with Gasteiger partial charge >= 0.3 is 0 Å². The van der Waals surface area contributed by atoms with Gasteiger partial charge in [-0.2, -0.15) is 0 Å². The summed E-state index contributed by atoms with van der Waals surface area (Å²) >= 11 is 0. The van der Waals surface area contributed by atoms with E-state index >= 15 is 0 Å². The van der Waals surface area contributed by atoms with Gasteiger partial charge in [-0.15, -0.1) is 0 Å². The highest BCUT2D eigenvalue weighted by molar-refractivity contribution is 6.74. The van der Waals surface area contributed by atoms with Crippen molar-refractivity contribution in [1.82, 2.24) is 4.57 Å². The van der Waals surface area contributed by atoms with Gasteiger partial charge in [0.05, 0.1) is 16.4 Å². The summed E-state index contributed by atoms with van der Waals surface area (Å²) in [4.78, 5) is 0. The van der Waals surface area contributed by atoms with Gasteiger partial charge in [0.2, 0.25) is 0 Å². The third kappa shape index (κ3) is 5.27. The minimum atomic E-state index is -0.173. The summed E-state index contributed by atoms with van der Waals surface area (Å²) in [6.45, 7) is 23.4. The number of hydrogen-bond acceptors (Lipinski definition) is 2. The van der Waals surface area contributed by atoms with Crippen LogP contribution in [0.4, 0.5) is 11.4 Å². The molecule has 4 heteroatoms. The number of anilines is 2. The van der Waals surface area contributed by atoms with E-state index in [0.29, 0.717) is 0 Å². The summed E-state index contributed by atoms with van der Waals surface area (Å²) in [5.41, 5.74) is 26.1. The van der Waals surface area contributed by atoms with E-state index in [4.69, 9.17) is 4.42 Å². The number of para-hydroxylation sites is 1. The lowest BCUT2D eigenvalue weighted by molar-refractivity contribution is 0.590. The lowest BCUT2D eigenvalue weighted by atomic mass is 9.58. The van der Waals surface area contributed by atoms with E-state index < -0.39 is 0 Å². The van der Waals surface area contributed by atoms with Crippen molar-refractivity contribution in [3.63, 3.8) is 0 Å². The van der Waals surface area contributed by atoms with Crippen molar-refractivity contribution in [1.29, 1.82) is 0 Å². The van der Waals surface area contributed by atoms with E-state index in [9.17, 15) is 0 Å². The zero-order valence-corrected chi connectivity index (χ0v) is 39.8. The number of aromatic nitrogens is 1. The standard InChI is InChI=1S/C62H55BN2O/c1-59(2,3)34-23-26-36(27-24-34)64-49-32-46-40(37-17-11-14-20-44(37)61(46,7)8)30-42(49)53-54-39-19-13-16-22-52(39)66-58(54)55-43-29-35(60(4,5)6)25-28-50(43)65-51-33-47-41(31-48(51)63-56(53)57(55)65)38-18-12-15-21-45(38)62(47,9)10/h11-33,63-64H,1-10H3. The fourth-order valence-corrected chi connectivity index (χ4v) is 12.3. The van der Waals surface area contributed by atoms with E-state index in [0.717, 1.165) is 35.2 Å². The maximum absolute atomic E-state index is 7.29. The molecule has 0 saturated carbocycles. The van der Waals surface area contributed by atoms with Crippen molar-refractivity contribution in [3.05, 3.63) is 173 Å². The van der Waals surface area contributed by atoms with Crippen molar-refractivity contribution < 1.29 is 4.42 Å². The lowest BCUT2D eigenvalue weighted by Gasteiger charge is -2.28. The first-order chi connectivity index (χ1) is 31.5. The first kappa shape index (κ1) is 39.6. The molecule has 2 aliphatic carbocycles. The molecule has 0 radical (unpaired) electrons. The summed E-state index contributed by atoms with van der Waals surface area (Å²) in [6, 6.07) is 53.2. The van der Waals surface area contributed by atoms with Gasteiger partial charge in [-0.25, -0.2) is 0 Å². The number of furan rings is 1. The molecule has 13 rings (SSSR count). The van der Waals surface area contributed by atoms with Crippen molar-refractivity contribution in [2.75, 3.05) is 5.32 Å². The first-order valence-electron chi connectivity index (χ1n) is 23.9. The molecule has 0 amide bonds. The van der Waals surface area contributed by atoms with Gasteiger partial charge < -0.3 is 14.3 Å². The van der Waals surface area contributed by atoms with Crippen LogP contribution < -0.4 is 16.2 Å². The number of benzene rings is 8. The van der Waals surface area contributed by atoms with Gasteiger partial charge in [-0.1, -0.05) is 166 Å². The van der Waals surface area contributed by atoms with E-state index in [1.54, 1.807) is 0 Å². The maximum atomic E-state index is 7.29. The van der Waals surface area contributed by atoms with Crippen LogP contribution in [0, 0.1) is 0 Å². The average molecular weight is 855 g/mol. The summed E-state index contributed by atoms with van der Waals surface area (Å²) in [5.74, 6) is 0. The van der Waals surface area contributed by atoms with E-state index in [1.807, 2.05) is 0 Å². The first-order valence-corrected chi connectivity index (χ1v) is 23.9. The predicted molar refractivity (Wildman–Crippen MR) is 282 cm³/mol. The van der Waals surface area contributed by atoms with Gasteiger partial charge in [0.15, 0.2) is 7.28 Å². The number of fused-ring (bicyclic) bond motifs is 15. The van der Waals surface area contributed by atoms with Crippen LogP contribution in [-0.4, -0.2) is 11.8 Å². The zero-order chi connectivity index (χ0) is 45.4. The number of rotatable bonds is 3. The molecule has 10 aromatic rings. The number of nitrogens with zero attached hydrogens (tertiary/aromatic N) is 1. The van der Waals surface area contributed by atoms with Crippen molar-refractivity contribution in [3.8, 4) is 39.1 Å². The third-order valence-corrected chi connectivity index (χ3v) is 15.9. The maximum Gasteiger partial charge on any atom is 0.198 e. The van der Waals surface area contributed by atoms with Crippen LogP contribution in [0.5, 0.6) is 0 Å². The minimum Gasteiger partial charge on any atom is -0.455 e. The SMILES string of the molecule is CC(C)(C)c1ccc(Nc2cc3c(cc2-c2c4c5c(c6cc(C(C)(C)C)ccc6n5-c5cc6c(cc5B4)-c4ccccc4C6(C)C)c4oc5ccccc5c24)-c2ccccc2C3(C)C)cc1. The molecule has 0 fully saturated rings. The normalized spacial score (nSPS) is 15.2. The van der Waals surface area contributed by atoms with Gasteiger partial charge in [-0.3, -0.25) is 0 Å². The molecule has 322 valence electrons. The molecular weight excluding hydrogens is 800 g/mol. The van der Waals surface area contributed by atoms with E-state index in [2.05, 4.69) is 219 Å². The highest BCUT2D eigenvalue weighted by Crippen LogP contribution is 2.55. The van der Waals surface area contributed by atoms with Crippen molar-refractivity contribution in [2.45, 2.75) is 90.9 Å². The van der Waals surface area contributed by atoms with Gasteiger partial charge in [-0.05, 0) is 126 Å². The average Bonchev–Trinajstić information content (AvgIpc) is 3.97. The topological polar surface area (TPSA) is 30.1 Å². The molecule has 3 aliphatic rings. The fourth-order valence-electron chi connectivity index (χ4n) is 12.3. The van der Waals surface area contributed by atoms with Crippen molar-refractivity contribution in [2.24, 2.45) is 0 Å². The predicted octanol–water partition coefficient (Wildman–Crippen LogP) is 15.0. The smallest absolute Gasteiger partial charge is 0.198 e. The zero-order valence-electron chi connectivity index (χ0n) is 39.8. The van der Waals surface area contributed by atoms with Gasteiger partial charge in [0.1, 0.15) is 11.2 Å². The molecule has 0 spiro atoms. The van der Waals surface area contributed by atoms with Crippen LogP contribution in [0.3, 0.4) is 0 Å². The lowest BCUT2D eigenvalue weighted by Crippen LogP contribution is -2.38. The van der Waals surface area contributed by atoms with Crippen LogP contribution >= 0.6 is 0 Å². The Morgan fingerprint density at radius 3 is 1.82 bits per heavy atom. The summed E-state index contributed by atoms with van der Waals surface area (Å²) in [5, 5.41) is 8.84. The molecule has 3 nitrogen and oxygen atoms in total. The molecule has 8 aromatic carbocycles. The minimum absolute atomic E-state index is 0.0345. The second kappa shape index (κ2) is 13.0. The fraction of sp³-hybridized carbons (Fsp3) is 0.226. The molecule has 0 unspecified atom stereocenters.